The first-order chi connectivity index (χ1) is 9.43. The number of furan rings is 1. The van der Waals surface area contributed by atoms with Crippen molar-refractivity contribution in [2.75, 3.05) is 0 Å². The Morgan fingerprint density at radius 3 is 2.80 bits per heavy atom. The number of carbonyl (C=O) groups excluding carboxylic acids is 1. The fourth-order valence-corrected chi connectivity index (χ4v) is 3.49. The van der Waals surface area contributed by atoms with Crippen molar-refractivity contribution in [1.29, 1.82) is 0 Å². The SMILES string of the molecule is CC1(C)[C@H](C(=O)O)[C@@H]1C(=O)NC1CCCc2occc21. The van der Waals surface area contributed by atoms with Crippen LogP contribution < -0.4 is 5.32 Å². The summed E-state index contributed by atoms with van der Waals surface area (Å²) in [6.45, 7) is 3.67. The maximum Gasteiger partial charge on any atom is 0.307 e. The lowest BCUT2D eigenvalue weighted by Gasteiger charge is -2.23. The summed E-state index contributed by atoms with van der Waals surface area (Å²) in [5.74, 6) is -1.11. The molecule has 0 bridgehead atoms. The van der Waals surface area contributed by atoms with Crippen LogP contribution in [0.2, 0.25) is 0 Å². The van der Waals surface area contributed by atoms with E-state index in [1.54, 1.807) is 6.26 Å². The monoisotopic (exact) mass is 277 g/mol. The first-order valence-corrected chi connectivity index (χ1v) is 7.02. The van der Waals surface area contributed by atoms with E-state index >= 15 is 0 Å². The summed E-state index contributed by atoms with van der Waals surface area (Å²) in [4.78, 5) is 23.5. The Hall–Kier alpha value is -1.78. The minimum absolute atomic E-state index is 0.0455. The van der Waals surface area contributed by atoms with Crippen LogP contribution in [0, 0.1) is 17.3 Å². The molecule has 5 heteroatoms. The van der Waals surface area contributed by atoms with Gasteiger partial charge in [0.2, 0.25) is 5.91 Å². The Balaban J connectivity index is 1.72. The van der Waals surface area contributed by atoms with Gasteiger partial charge >= 0.3 is 5.97 Å². The van der Waals surface area contributed by atoms with Crippen LogP contribution in [0.25, 0.3) is 0 Å². The third kappa shape index (κ3) is 1.92. The number of rotatable bonds is 3. The summed E-state index contributed by atoms with van der Waals surface area (Å²) in [6.07, 6.45) is 4.41. The molecule has 0 aromatic carbocycles. The first kappa shape index (κ1) is 13.2. The Morgan fingerprint density at radius 1 is 1.40 bits per heavy atom. The largest absolute Gasteiger partial charge is 0.481 e. The summed E-state index contributed by atoms with van der Waals surface area (Å²) in [5.41, 5.74) is 0.582. The van der Waals surface area contributed by atoms with E-state index < -0.39 is 23.2 Å². The second-order valence-corrected chi connectivity index (χ2v) is 6.37. The number of carbonyl (C=O) groups is 2. The van der Waals surface area contributed by atoms with Gasteiger partial charge in [0, 0.05) is 12.0 Å². The molecule has 1 amide bonds. The van der Waals surface area contributed by atoms with Crippen molar-refractivity contribution in [3.63, 3.8) is 0 Å². The maximum absolute atomic E-state index is 12.3. The average molecular weight is 277 g/mol. The highest BCUT2D eigenvalue weighted by atomic mass is 16.4. The van der Waals surface area contributed by atoms with E-state index in [1.165, 1.54) is 0 Å². The second kappa shape index (κ2) is 4.36. The fourth-order valence-electron chi connectivity index (χ4n) is 3.49. The topological polar surface area (TPSA) is 79.5 Å². The van der Waals surface area contributed by atoms with Gasteiger partial charge in [-0.2, -0.15) is 0 Å². The molecule has 0 spiro atoms. The third-order valence-electron chi connectivity index (χ3n) is 4.74. The highest BCUT2D eigenvalue weighted by Crippen LogP contribution is 2.58. The summed E-state index contributed by atoms with van der Waals surface area (Å²) < 4.78 is 5.40. The second-order valence-electron chi connectivity index (χ2n) is 6.37. The molecule has 1 aromatic rings. The summed E-state index contributed by atoms with van der Waals surface area (Å²) in [6, 6.07) is 1.85. The molecule has 2 N–H and O–H groups in total. The predicted molar refractivity (Wildman–Crippen MR) is 70.9 cm³/mol. The Morgan fingerprint density at radius 2 is 2.15 bits per heavy atom. The van der Waals surface area contributed by atoms with Crippen LogP contribution in [0.3, 0.4) is 0 Å². The molecule has 2 aliphatic rings. The van der Waals surface area contributed by atoms with Gasteiger partial charge in [0.25, 0.3) is 0 Å². The van der Waals surface area contributed by atoms with Crippen LogP contribution in [0.15, 0.2) is 16.7 Å². The minimum Gasteiger partial charge on any atom is -0.481 e. The molecule has 1 fully saturated rings. The van der Waals surface area contributed by atoms with Crippen LogP contribution in [-0.4, -0.2) is 17.0 Å². The molecule has 0 saturated heterocycles. The highest BCUT2D eigenvalue weighted by Gasteiger charge is 2.66. The first-order valence-electron chi connectivity index (χ1n) is 7.02. The molecule has 3 rings (SSSR count). The van der Waals surface area contributed by atoms with Crippen molar-refractivity contribution in [3.05, 3.63) is 23.7 Å². The Kier molecular flexibility index (Phi) is 2.88. The molecular weight excluding hydrogens is 258 g/mol. The molecule has 5 nitrogen and oxygen atoms in total. The number of nitrogens with one attached hydrogen (secondary N) is 1. The molecule has 0 aliphatic heterocycles. The molecular formula is C15H19NO4. The zero-order valence-electron chi connectivity index (χ0n) is 11.7. The van der Waals surface area contributed by atoms with Crippen LogP contribution in [-0.2, 0) is 16.0 Å². The van der Waals surface area contributed by atoms with Gasteiger partial charge in [-0.3, -0.25) is 9.59 Å². The van der Waals surface area contributed by atoms with Gasteiger partial charge in [-0.25, -0.2) is 0 Å². The average Bonchev–Trinajstić information content (AvgIpc) is 2.73. The van der Waals surface area contributed by atoms with Crippen molar-refractivity contribution in [2.45, 2.75) is 39.2 Å². The Labute approximate surface area is 117 Å². The number of carboxylic acid groups (broad SMARTS) is 1. The number of carboxylic acids is 1. The van der Waals surface area contributed by atoms with E-state index in [2.05, 4.69) is 5.32 Å². The number of aliphatic carboxylic acids is 1. The molecule has 3 atom stereocenters. The van der Waals surface area contributed by atoms with Crippen LogP contribution in [0.4, 0.5) is 0 Å². The molecule has 20 heavy (non-hydrogen) atoms. The van der Waals surface area contributed by atoms with Crippen LogP contribution >= 0.6 is 0 Å². The smallest absolute Gasteiger partial charge is 0.307 e. The van der Waals surface area contributed by atoms with Gasteiger partial charge in [-0.05, 0) is 24.3 Å². The number of fused-ring (bicyclic) bond motifs is 1. The number of aryl methyl sites for hydroxylation is 1. The maximum atomic E-state index is 12.3. The van der Waals surface area contributed by atoms with Crippen molar-refractivity contribution in [2.24, 2.45) is 17.3 Å². The normalized spacial score (nSPS) is 30.4. The number of hydrogen-bond acceptors (Lipinski definition) is 3. The van der Waals surface area contributed by atoms with Gasteiger partial charge in [-0.1, -0.05) is 13.8 Å². The van der Waals surface area contributed by atoms with Crippen LogP contribution in [0.5, 0.6) is 0 Å². The standard InChI is InChI=1S/C15H19NO4/c1-15(2)11(12(15)14(18)19)13(17)16-9-4-3-5-10-8(9)6-7-20-10/h6-7,9,11-12H,3-5H2,1-2H3,(H,16,17)(H,18,19)/t9?,11-,12+/m1/s1. The van der Waals surface area contributed by atoms with E-state index in [1.807, 2.05) is 19.9 Å². The summed E-state index contributed by atoms with van der Waals surface area (Å²) >= 11 is 0. The van der Waals surface area contributed by atoms with Gasteiger partial charge in [0.15, 0.2) is 0 Å². The van der Waals surface area contributed by atoms with Crippen molar-refractivity contribution in [1.82, 2.24) is 5.32 Å². The van der Waals surface area contributed by atoms with E-state index in [9.17, 15) is 9.59 Å². The third-order valence-corrected chi connectivity index (χ3v) is 4.74. The molecule has 2 aliphatic carbocycles. The molecule has 1 saturated carbocycles. The summed E-state index contributed by atoms with van der Waals surface area (Å²) in [7, 11) is 0. The fraction of sp³-hybridized carbons (Fsp3) is 0.600. The van der Waals surface area contributed by atoms with Crippen molar-refractivity contribution < 1.29 is 19.1 Å². The van der Waals surface area contributed by atoms with E-state index in [0.29, 0.717) is 0 Å². The number of amides is 1. The van der Waals surface area contributed by atoms with Gasteiger partial charge in [0.05, 0.1) is 24.1 Å². The van der Waals surface area contributed by atoms with Gasteiger partial charge in [-0.15, -0.1) is 0 Å². The lowest BCUT2D eigenvalue weighted by atomic mass is 9.93. The number of hydrogen-bond donors (Lipinski definition) is 2. The van der Waals surface area contributed by atoms with Crippen LogP contribution in [0.1, 0.15) is 44.1 Å². The van der Waals surface area contributed by atoms with E-state index in [4.69, 9.17) is 9.52 Å². The predicted octanol–water partition coefficient (Wildman–Crippen LogP) is 2.13. The van der Waals surface area contributed by atoms with Crippen molar-refractivity contribution in [3.8, 4) is 0 Å². The lowest BCUT2D eigenvalue weighted by Crippen LogP contribution is -2.33. The molecule has 108 valence electrons. The van der Waals surface area contributed by atoms with E-state index in [-0.39, 0.29) is 11.9 Å². The molecule has 1 aromatic heterocycles. The zero-order valence-corrected chi connectivity index (χ0v) is 11.7. The molecule has 1 unspecified atom stereocenters. The molecule has 1 heterocycles. The zero-order chi connectivity index (χ0) is 14.5. The quantitative estimate of drug-likeness (QED) is 0.887. The Bertz CT molecular complexity index is 560. The van der Waals surface area contributed by atoms with E-state index in [0.717, 1.165) is 30.6 Å². The van der Waals surface area contributed by atoms with Crippen molar-refractivity contribution >= 4 is 11.9 Å². The summed E-state index contributed by atoms with van der Waals surface area (Å²) in [5, 5.41) is 12.1. The van der Waals surface area contributed by atoms with Gasteiger partial charge < -0.3 is 14.8 Å². The van der Waals surface area contributed by atoms with Gasteiger partial charge in [0.1, 0.15) is 5.76 Å². The highest BCUT2D eigenvalue weighted by molar-refractivity contribution is 5.91. The lowest BCUT2D eigenvalue weighted by molar-refractivity contribution is -0.140. The minimum atomic E-state index is -0.886. The molecule has 0 radical (unpaired) electrons.